The monoisotopic (exact) mass is 605 g/mol. The number of hydrogen-bond donors (Lipinski definition) is 2. The fourth-order valence-electron chi connectivity index (χ4n) is 7.88. The number of Topliss-reactive ketones (excluding diaryl/α,β-unsaturated/α-hetero) is 1. The number of para-hydroxylation sites is 1. The Morgan fingerprint density at radius 2 is 2.00 bits per heavy atom. The van der Waals surface area contributed by atoms with E-state index in [0.29, 0.717) is 25.7 Å². The number of hydrogen-bond acceptors (Lipinski definition) is 7. The summed E-state index contributed by atoms with van der Waals surface area (Å²) in [6, 6.07) is 9.40. The van der Waals surface area contributed by atoms with Crippen LogP contribution in [0.25, 0.3) is 10.9 Å². The van der Waals surface area contributed by atoms with Gasteiger partial charge in [-0.3, -0.25) is 14.6 Å². The normalized spacial score (nSPS) is 33.2. The van der Waals surface area contributed by atoms with E-state index in [1.165, 1.54) is 12.2 Å². The van der Waals surface area contributed by atoms with Gasteiger partial charge in [0.15, 0.2) is 23.5 Å². The van der Waals surface area contributed by atoms with E-state index in [0.717, 1.165) is 28.5 Å². The number of fused-ring (bicyclic) bond motifs is 4. The molecule has 1 aromatic carbocycles. The molecule has 236 valence electrons. The SMILES string of the molecule is C=CC(=O)C=C=C(CC[C@H]1C[C@@H]2C[C@H]3OC(c4ccnc5ccccc45)O[C@@]3(C(=O)CO)C2(C)CC(O)[C@H]1F)C(C)(C)CC. The van der Waals surface area contributed by atoms with Gasteiger partial charge in [0.2, 0.25) is 0 Å². The van der Waals surface area contributed by atoms with Gasteiger partial charge in [-0.1, -0.05) is 52.5 Å². The number of carbonyl (C=O) groups is 2. The summed E-state index contributed by atoms with van der Waals surface area (Å²) in [6.07, 6.45) is 2.54. The van der Waals surface area contributed by atoms with Crippen LogP contribution in [0.2, 0.25) is 0 Å². The Labute approximate surface area is 258 Å². The van der Waals surface area contributed by atoms with Crippen LogP contribution in [-0.4, -0.2) is 57.4 Å². The molecule has 0 amide bonds. The molecule has 7 nitrogen and oxygen atoms in total. The van der Waals surface area contributed by atoms with Crippen LogP contribution < -0.4 is 0 Å². The summed E-state index contributed by atoms with van der Waals surface area (Å²) < 4.78 is 29.2. The van der Waals surface area contributed by atoms with Crippen molar-refractivity contribution in [2.75, 3.05) is 6.61 Å². The van der Waals surface area contributed by atoms with Crippen LogP contribution in [0.1, 0.15) is 78.1 Å². The van der Waals surface area contributed by atoms with Crippen LogP contribution in [0.15, 0.2) is 66.6 Å². The summed E-state index contributed by atoms with van der Waals surface area (Å²) in [6.45, 7) is 10.9. The van der Waals surface area contributed by atoms with Crippen molar-refractivity contribution in [1.82, 2.24) is 4.98 Å². The number of benzene rings is 1. The molecule has 2 aromatic rings. The number of ketones is 2. The molecule has 0 bridgehead atoms. The minimum Gasteiger partial charge on any atom is -0.390 e. The van der Waals surface area contributed by atoms with Crippen molar-refractivity contribution in [2.24, 2.45) is 22.7 Å². The van der Waals surface area contributed by atoms with E-state index in [1.54, 1.807) is 12.3 Å². The molecule has 1 aliphatic heterocycles. The van der Waals surface area contributed by atoms with Gasteiger partial charge in [-0.2, -0.15) is 0 Å². The zero-order valence-corrected chi connectivity index (χ0v) is 26.1. The van der Waals surface area contributed by atoms with Crippen molar-refractivity contribution >= 4 is 22.5 Å². The zero-order valence-electron chi connectivity index (χ0n) is 26.1. The van der Waals surface area contributed by atoms with Gasteiger partial charge >= 0.3 is 0 Å². The second-order valence-corrected chi connectivity index (χ2v) is 13.5. The first kappa shape index (κ1) is 32.4. The second-order valence-electron chi connectivity index (χ2n) is 13.5. The van der Waals surface area contributed by atoms with Crippen LogP contribution in [0, 0.1) is 22.7 Å². The third kappa shape index (κ3) is 5.41. The first-order chi connectivity index (χ1) is 20.9. The van der Waals surface area contributed by atoms with E-state index >= 15 is 4.39 Å². The van der Waals surface area contributed by atoms with Crippen LogP contribution in [0.5, 0.6) is 0 Å². The Bertz CT molecular complexity index is 1490. The highest BCUT2D eigenvalue weighted by Gasteiger charge is 2.73. The van der Waals surface area contributed by atoms with Gasteiger partial charge in [0.05, 0.1) is 17.7 Å². The van der Waals surface area contributed by atoms with E-state index in [1.807, 2.05) is 31.2 Å². The van der Waals surface area contributed by atoms with E-state index in [9.17, 15) is 19.8 Å². The number of allylic oxidation sites excluding steroid dienone is 2. The molecule has 2 aliphatic carbocycles. The molecule has 3 unspecified atom stereocenters. The molecule has 1 saturated heterocycles. The maximum Gasteiger partial charge on any atom is 0.193 e. The third-order valence-corrected chi connectivity index (χ3v) is 10.9. The Balaban J connectivity index is 1.46. The molecule has 0 radical (unpaired) electrons. The van der Waals surface area contributed by atoms with Gasteiger partial charge in [0.25, 0.3) is 0 Å². The highest BCUT2D eigenvalue weighted by molar-refractivity contribution is 5.98. The lowest BCUT2D eigenvalue weighted by atomic mass is 9.65. The van der Waals surface area contributed by atoms with E-state index in [-0.39, 0.29) is 23.5 Å². The number of aliphatic hydroxyl groups excluding tert-OH is 2. The number of aliphatic hydroxyl groups is 2. The molecule has 3 fully saturated rings. The van der Waals surface area contributed by atoms with Crippen LogP contribution >= 0.6 is 0 Å². The molecule has 5 rings (SSSR count). The number of halogens is 1. The number of pyridine rings is 1. The van der Waals surface area contributed by atoms with Crippen LogP contribution in [0.4, 0.5) is 4.39 Å². The summed E-state index contributed by atoms with van der Waals surface area (Å²) in [5.74, 6) is -1.44. The first-order valence-corrected chi connectivity index (χ1v) is 15.7. The Morgan fingerprint density at radius 1 is 1.25 bits per heavy atom. The minimum absolute atomic E-state index is 0.00162. The average molecular weight is 606 g/mol. The van der Waals surface area contributed by atoms with Gasteiger partial charge < -0.3 is 19.7 Å². The molecule has 8 heteroatoms. The van der Waals surface area contributed by atoms with E-state index in [4.69, 9.17) is 9.47 Å². The predicted molar refractivity (Wildman–Crippen MR) is 165 cm³/mol. The van der Waals surface area contributed by atoms with Gasteiger partial charge in [0.1, 0.15) is 12.8 Å². The fourth-order valence-corrected chi connectivity index (χ4v) is 7.88. The number of aromatic nitrogens is 1. The number of ether oxygens (including phenoxy) is 2. The molecule has 44 heavy (non-hydrogen) atoms. The van der Waals surface area contributed by atoms with Crippen LogP contribution in [0.3, 0.4) is 0 Å². The molecular weight excluding hydrogens is 561 g/mol. The standard InChI is InChI=1S/C36H44FNO6/c1-6-25(40)15-14-23(34(3,4)7-2)13-12-22-18-24-19-31-36(30(42)21-39,35(24,5)20-29(41)32(22)37)44-33(43-31)27-16-17-38-28-11-9-8-10-26(27)28/h6,8-11,15-17,22,24,29,31-33,39,41H,1,7,12-13,18-21H2,2-5H3/t14?,22-,24+,29?,31+,32-,33?,35?,36+/m0/s1. The first-order valence-electron chi connectivity index (χ1n) is 15.7. The van der Waals surface area contributed by atoms with Crippen molar-refractivity contribution in [2.45, 2.75) is 96.5 Å². The second kappa shape index (κ2) is 12.4. The third-order valence-electron chi connectivity index (χ3n) is 10.9. The highest BCUT2D eigenvalue weighted by atomic mass is 19.1. The maximum absolute atomic E-state index is 16.1. The number of alkyl halides is 1. The quantitative estimate of drug-likeness (QED) is 0.248. The molecule has 0 spiro atoms. The van der Waals surface area contributed by atoms with Gasteiger partial charge in [-0.25, -0.2) is 4.39 Å². The topological polar surface area (TPSA) is 106 Å². The lowest BCUT2D eigenvalue weighted by Crippen LogP contribution is -2.57. The molecule has 1 aromatic heterocycles. The predicted octanol–water partition coefficient (Wildman–Crippen LogP) is 6.14. The van der Waals surface area contributed by atoms with Gasteiger partial charge in [-0.05, 0) is 79.6 Å². The van der Waals surface area contributed by atoms with Crippen molar-refractivity contribution < 1.29 is 33.7 Å². The number of nitrogens with zero attached hydrogens (tertiary/aromatic N) is 1. The molecular formula is C36H44FNO6. The largest absolute Gasteiger partial charge is 0.390 e. The number of carbonyl (C=O) groups excluding carboxylic acids is 2. The zero-order chi connectivity index (χ0) is 31.9. The van der Waals surface area contributed by atoms with E-state index < -0.39 is 54.0 Å². The van der Waals surface area contributed by atoms with Crippen molar-refractivity contribution in [3.63, 3.8) is 0 Å². The Kier molecular flexibility index (Phi) is 9.14. The molecule has 2 N–H and O–H groups in total. The van der Waals surface area contributed by atoms with Crippen molar-refractivity contribution in [1.29, 1.82) is 0 Å². The summed E-state index contributed by atoms with van der Waals surface area (Å²) in [5.41, 5.74) is 2.79. The average Bonchev–Trinajstić information content (AvgIpc) is 3.48. The number of rotatable bonds is 10. The van der Waals surface area contributed by atoms with Gasteiger partial charge in [0, 0.05) is 28.6 Å². The van der Waals surface area contributed by atoms with Crippen molar-refractivity contribution in [3.05, 3.63) is 72.1 Å². The summed E-state index contributed by atoms with van der Waals surface area (Å²) in [7, 11) is 0. The maximum atomic E-state index is 16.1. The lowest BCUT2D eigenvalue weighted by molar-refractivity contribution is -0.176. The van der Waals surface area contributed by atoms with Crippen molar-refractivity contribution in [3.8, 4) is 0 Å². The Morgan fingerprint density at radius 3 is 2.70 bits per heavy atom. The van der Waals surface area contributed by atoms with Crippen LogP contribution in [-0.2, 0) is 19.1 Å². The summed E-state index contributed by atoms with van der Waals surface area (Å²) >= 11 is 0. The fraction of sp³-hybridized carbons (Fsp3) is 0.556. The van der Waals surface area contributed by atoms with E-state index in [2.05, 4.69) is 38.1 Å². The molecule has 8 atom stereocenters. The smallest absolute Gasteiger partial charge is 0.193 e. The minimum atomic E-state index is -1.54. The van der Waals surface area contributed by atoms with Gasteiger partial charge in [-0.15, -0.1) is 5.73 Å². The molecule has 2 heterocycles. The summed E-state index contributed by atoms with van der Waals surface area (Å²) in [4.78, 5) is 30.1. The molecule has 2 saturated carbocycles. The summed E-state index contributed by atoms with van der Waals surface area (Å²) in [5, 5.41) is 22.3. The molecule has 3 aliphatic rings. The lowest BCUT2D eigenvalue weighted by Gasteiger charge is -2.43. The highest BCUT2D eigenvalue weighted by Crippen LogP contribution is 2.65. The Hall–Kier alpha value is -3.00.